The number of nitrogens with one attached hydrogen (secondary N) is 3. The first-order valence-corrected chi connectivity index (χ1v) is 16.5. The van der Waals surface area contributed by atoms with Gasteiger partial charge in [-0.1, -0.05) is 84.4 Å². The van der Waals surface area contributed by atoms with Crippen LogP contribution in [0.5, 0.6) is 11.5 Å². The van der Waals surface area contributed by atoms with Gasteiger partial charge in [0.05, 0.1) is 24.9 Å². The van der Waals surface area contributed by atoms with Crippen molar-refractivity contribution < 1.29 is 23.9 Å². The molecule has 0 aliphatic rings. The average molecular weight is 692 g/mol. The van der Waals surface area contributed by atoms with Gasteiger partial charge in [0.15, 0.2) is 0 Å². The molecule has 0 radical (unpaired) electrons. The number of benzene rings is 5. The Balaban J connectivity index is 1.35. The molecule has 5 aromatic rings. The second-order valence-corrected chi connectivity index (χ2v) is 12.4. The van der Waals surface area contributed by atoms with E-state index < -0.39 is 17.1 Å². The zero-order valence-corrected chi connectivity index (χ0v) is 28.6. The third-order valence-corrected chi connectivity index (χ3v) is 9.02. The summed E-state index contributed by atoms with van der Waals surface area (Å²) in [5, 5.41) is 8.30. The van der Waals surface area contributed by atoms with Crippen LogP contribution in [0.25, 0.3) is 6.08 Å². The maximum Gasteiger partial charge on any atom is 0.272 e. The van der Waals surface area contributed by atoms with E-state index in [1.807, 2.05) is 79.7 Å². The van der Waals surface area contributed by atoms with Gasteiger partial charge in [-0.15, -0.1) is 11.8 Å². The number of thioether (sulfide) groups is 1. The maximum absolute atomic E-state index is 13.7. The van der Waals surface area contributed by atoms with Crippen LogP contribution in [-0.4, -0.2) is 31.9 Å². The molecule has 0 spiro atoms. The number of aryl methyl sites for hydroxylation is 1. The van der Waals surface area contributed by atoms with E-state index >= 15 is 0 Å². The highest BCUT2D eigenvalue weighted by atomic mass is 35.5. The SMILES string of the molecule is COc1cc(OC)c(NC(=O)C(Sc2ccc(NC(=O)/C(=C/c3ccccc3C)NC(=O)c3ccccc3)cc2)c2ccccc2)cc1Cl. The second kappa shape index (κ2) is 16.5. The number of methoxy groups -OCH3 is 2. The van der Waals surface area contributed by atoms with Crippen molar-refractivity contribution in [2.45, 2.75) is 17.1 Å². The Kier molecular flexibility index (Phi) is 11.8. The van der Waals surface area contributed by atoms with Crippen molar-refractivity contribution in [2.75, 3.05) is 24.9 Å². The molecule has 0 heterocycles. The van der Waals surface area contributed by atoms with Crippen LogP contribution in [0.1, 0.15) is 32.3 Å². The number of anilines is 2. The van der Waals surface area contributed by atoms with E-state index in [0.29, 0.717) is 33.5 Å². The molecule has 0 aliphatic heterocycles. The summed E-state index contributed by atoms with van der Waals surface area (Å²) in [6.07, 6.45) is 1.66. The Morgan fingerprint density at radius 2 is 1.39 bits per heavy atom. The molecule has 1 atom stereocenters. The molecule has 3 amide bonds. The smallest absolute Gasteiger partial charge is 0.272 e. The Hall–Kier alpha value is -5.51. The van der Waals surface area contributed by atoms with Gasteiger partial charge in [0, 0.05) is 22.2 Å². The summed E-state index contributed by atoms with van der Waals surface area (Å²) in [6.45, 7) is 1.93. The van der Waals surface area contributed by atoms with Gasteiger partial charge in [-0.2, -0.15) is 0 Å². The van der Waals surface area contributed by atoms with Crippen LogP contribution in [0.4, 0.5) is 11.4 Å². The lowest BCUT2D eigenvalue weighted by Crippen LogP contribution is -2.30. The number of hydrogen-bond acceptors (Lipinski definition) is 6. The molecule has 49 heavy (non-hydrogen) atoms. The molecule has 0 saturated heterocycles. The van der Waals surface area contributed by atoms with E-state index in [4.69, 9.17) is 21.1 Å². The number of carbonyl (C=O) groups is 3. The van der Waals surface area contributed by atoms with E-state index in [2.05, 4.69) is 16.0 Å². The van der Waals surface area contributed by atoms with E-state index in [1.165, 1.54) is 26.0 Å². The number of halogens is 1. The third kappa shape index (κ3) is 9.10. The number of hydrogen-bond donors (Lipinski definition) is 3. The van der Waals surface area contributed by atoms with Gasteiger partial charge in [-0.25, -0.2) is 0 Å². The van der Waals surface area contributed by atoms with E-state index in [-0.39, 0.29) is 11.6 Å². The molecular weight excluding hydrogens is 658 g/mol. The molecule has 3 N–H and O–H groups in total. The van der Waals surface area contributed by atoms with Gasteiger partial charge in [0.25, 0.3) is 11.8 Å². The summed E-state index contributed by atoms with van der Waals surface area (Å²) in [5.74, 6) is -0.340. The van der Waals surface area contributed by atoms with E-state index in [0.717, 1.165) is 21.6 Å². The molecule has 0 aromatic heterocycles. The summed E-state index contributed by atoms with van der Waals surface area (Å²) >= 11 is 7.69. The predicted molar refractivity (Wildman–Crippen MR) is 196 cm³/mol. The van der Waals surface area contributed by atoms with Crippen molar-refractivity contribution >= 4 is 58.5 Å². The monoisotopic (exact) mass is 691 g/mol. The molecule has 10 heteroatoms. The lowest BCUT2D eigenvalue weighted by molar-refractivity contribution is -0.116. The Labute approximate surface area is 294 Å². The first-order valence-electron chi connectivity index (χ1n) is 15.2. The largest absolute Gasteiger partial charge is 0.495 e. The molecule has 0 fully saturated rings. The van der Waals surface area contributed by atoms with Crippen LogP contribution in [-0.2, 0) is 9.59 Å². The quantitative estimate of drug-likeness (QED) is 0.0895. The summed E-state index contributed by atoms with van der Waals surface area (Å²) in [5.41, 5.74) is 3.99. The molecule has 5 aromatic carbocycles. The van der Waals surface area contributed by atoms with Gasteiger partial charge >= 0.3 is 0 Å². The van der Waals surface area contributed by atoms with E-state index in [9.17, 15) is 14.4 Å². The lowest BCUT2D eigenvalue weighted by Gasteiger charge is -2.19. The average Bonchev–Trinajstić information content (AvgIpc) is 3.12. The molecule has 8 nitrogen and oxygen atoms in total. The maximum atomic E-state index is 13.7. The van der Waals surface area contributed by atoms with Crippen molar-refractivity contribution in [3.63, 3.8) is 0 Å². The topological polar surface area (TPSA) is 106 Å². The molecular formula is C39H34ClN3O5S. The summed E-state index contributed by atoms with van der Waals surface area (Å²) in [7, 11) is 3.00. The number of amides is 3. The minimum atomic E-state index is -0.635. The number of ether oxygens (including phenoxy) is 2. The lowest BCUT2D eigenvalue weighted by atomic mass is 10.1. The fraction of sp³-hybridized carbons (Fsp3) is 0.103. The predicted octanol–water partition coefficient (Wildman–Crippen LogP) is 8.55. The van der Waals surface area contributed by atoms with Gasteiger partial charge in [0.2, 0.25) is 5.91 Å². The molecule has 248 valence electrons. The zero-order chi connectivity index (χ0) is 34.8. The highest BCUT2D eigenvalue weighted by Crippen LogP contribution is 2.40. The normalized spacial score (nSPS) is 11.6. The van der Waals surface area contributed by atoms with Crippen LogP contribution in [0.2, 0.25) is 5.02 Å². The minimum Gasteiger partial charge on any atom is -0.495 e. The van der Waals surface area contributed by atoms with Crippen molar-refractivity contribution in [1.29, 1.82) is 0 Å². The molecule has 5 rings (SSSR count). The summed E-state index contributed by atoms with van der Waals surface area (Å²) < 4.78 is 10.7. The first kappa shape index (κ1) is 34.8. The highest BCUT2D eigenvalue weighted by Gasteiger charge is 2.24. The third-order valence-electron chi connectivity index (χ3n) is 7.46. The van der Waals surface area contributed by atoms with Gasteiger partial charge < -0.3 is 25.4 Å². The number of carbonyl (C=O) groups excluding carboxylic acids is 3. The van der Waals surface area contributed by atoms with Crippen molar-refractivity contribution in [2.24, 2.45) is 0 Å². The zero-order valence-electron chi connectivity index (χ0n) is 27.0. The van der Waals surface area contributed by atoms with Crippen LogP contribution in [0.15, 0.2) is 132 Å². The van der Waals surface area contributed by atoms with Crippen molar-refractivity contribution in [1.82, 2.24) is 5.32 Å². The molecule has 0 saturated carbocycles. The highest BCUT2D eigenvalue weighted by molar-refractivity contribution is 8.00. The Morgan fingerprint density at radius 1 is 0.755 bits per heavy atom. The fourth-order valence-electron chi connectivity index (χ4n) is 4.85. The van der Waals surface area contributed by atoms with Gasteiger partial charge in [-0.3, -0.25) is 14.4 Å². The summed E-state index contributed by atoms with van der Waals surface area (Å²) in [4.78, 5) is 41.1. The molecule has 0 bridgehead atoms. The van der Waals surface area contributed by atoms with Crippen molar-refractivity contribution in [3.05, 3.63) is 154 Å². The molecule has 1 unspecified atom stereocenters. The van der Waals surface area contributed by atoms with Crippen LogP contribution in [0, 0.1) is 6.92 Å². The van der Waals surface area contributed by atoms with Crippen LogP contribution in [0.3, 0.4) is 0 Å². The van der Waals surface area contributed by atoms with Crippen LogP contribution >= 0.6 is 23.4 Å². The van der Waals surface area contributed by atoms with Gasteiger partial charge in [-0.05, 0) is 72.2 Å². The van der Waals surface area contributed by atoms with E-state index in [1.54, 1.807) is 54.6 Å². The minimum absolute atomic E-state index is 0.0940. The Bertz CT molecular complexity index is 1970. The van der Waals surface area contributed by atoms with Crippen molar-refractivity contribution in [3.8, 4) is 11.5 Å². The molecule has 0 aliphatic carbocycles. The van der Waals surface area contributed by atoms with Crippen LogP contribution < -0.4 is 25.4 Å². The first-order chi connectivity index (χ1) is 23.7. The Morgan fingerprint density at radius 3 is 2.04 bits per heavy atom. The fourth-order valence-corrected chi connectivity index (χ4v) is 6.12. The standard InChI is InChI=1S/C39H34ClN3O5S/c1-25-12-10-11-17-28(25)22-33(43-37(44)27-15-8-5-9-16-27)38(45)41-29-18-20-30(21-19-29)49-36(26-13-6-4-7-14-26)39(46)42-32-23-31(40)34(47-2)24-35(32)48-3/h4-24,36H,1-3H3,(H,41,45)(H,42,46)(H,43,44)/b33-22-. The summed E-state index contributed by atoms with van der Waals surface area (Å²) in [6, 6.07) is 36.0. The second-order valence-electron chi connectivity index (χ2n) is 10.8. The number of rotatable bonds is 12. The van der Waals surface area contributed by atoms with Gasteiger partial charge in [0.1, 0.15) is 22.4 Å².